The van der Waals surface area contributed by atoms with Crippen molar-refractivity contribution in [1.82, 2.24) is 8.87 Å². The molecule has 3 aromatic rings. The molecule has 1 aromatic heterocycles. The van der Waals surface area contributed by atoms with Crippen LogP contribution >= 0.6 is 11.6 Å². The van der Waals surface area contributed by atoms with Crippen LogP contribution in [0.3, 0.4) is 0 Å². The van der Waals surface area contributed by atoms with E-state index in [4.69, 9.17) is 11.6 Å². The molecule has 1 fully saturated rings. The number of nitrogens with zero attached hydrogens (tertiary/aromatic N) is 2. The molecule has 142 valence electrons. The number of benzene rings is 2. The first-order valence-corrected chi connectivity index (χ1v) is 10.7. The quantitative estimate of drug-likeness (QED) is 0.644. The first kappa shape index (κ1) is 18.5. The van der Waals surface area contributed by atoms with Gasteiger partial charge < -0.3 is 4.90 Å². The summed E-state index contributed by atoms with van der Waals surface area (Å²) in [6.45, 7) is 1.96. The largest absolute Gasteiger partial charge is 0.306 e. The minimum Gasteiger partial charge on any atom is -0.306 e. The predicted molar refractivity (Wildman–Crippen MR) is 105 cm³/mol. The molecule has 0 unspecified atom stereocenters. The molecule has 27 heavy (non-hydrogen) atoms. The van der Waals surface area contributed by atoms with E-state index in [1.165, 1.54) is 16.1 Å². The summed E-state index contributed by atoms with van der Waals surface area (Å²) in [6.07, 6.45) is 3.68. The van der Waals surface area contributed by atoms with Crippen molar-refractivity contribution in [3.05, 3.63) is 65.1 Å². The Morgan fingerprint density at radius 2 is 1.74 bits per heavy atom. The van der Waals surface area contributed by atoms with Crippen LogP contribution in [-0.2, 0) is 10.0 Å². The maximum absolute atomic E-state index is 13.2. The van der Waals surface area contributed by atoms with Crippen LogP contribution in [0.2, 0.25) is 5.02 Å². The number of rotatable bonds is 3. The second-order valence-electron chi connectivity index (χ2n) is 7.08. The van der Waals surface area contributed by atoms with Crippen molar-refractivity contribution < 1.29 is 12.8 Å². The molecule has 0 N–H and O–H groups in total. The summed E-state index contributed by atoms with van der Waals surface area (Å²) in [4.78, 5) is 2.33. The zero-order chi connectivity index (χ0) is 19.2. The molecule has 0 aliphatic carbocycles. The fraction of sp³-hybridized carbons (Fsp3) is 0.300. The number of likely N-dealkylation sites (tertiary alicyclic amines) is 1. The van der Waals surface area contributed by atoms with Crippen LogP contribution in [0.1, 0.15) is 24.3 Å². The molecule has 7 heteroatoms. The van der Waals surface area contributed by atoms with Crippen molar-refractivity contribution >= 4 is 32.5 Å². The second-order valence-corrected chi connectivity index (χ2v) is 9.33. The topological polar surface area (TPSA) is 42.3 Å². The Bertz CT molecular complexity index is 1090. The molecule has 2 aromatic carbocycles. The van der Waals surface area contributed by atoms with E-state index in [9.17, 15) is 12.8 Å². The van der Waals surface area contributed by atoms with Crippen LogP contribution in [0.25, 0.3) is 10.9 Å². The van der Waals surface area contributed by atoms with Crippen molar-refractivity contribution in [3.63, 3.8) is 0 Å². The highest BCUT2D eigenvalue weighted by Crippen LogP contribution is 2.36. The molecule has 0 saturated carbocycles. The van der Waals surface area contributed by atoms with Crippen LogP contribution in [0, 0.1) is 5.82 Å². The van der Waals surface area contributed by atoms with E-state index in [-0.39, 0.29) is 4.90 Å². The summed E-state index contributed by atoms with van der Waals surface area (Å²) in [6, 6.07) is 10.2. The van der Waals surface area contributed by atoms with Gasteiger partial charge in [0.05, 0.1) is 10.4 Å². The lowest BCUT2D eigenvalue weighted by atomic mass is 9.89. The molecule has 0 spiro atoms. The first-order chi connectivity index (χ1) is 12.9. The van der Waals surface area contributed by atoms with Gasteiger partial charge in [0.15, 0.2) is 0 Å². The maximum Gasteiger partial charge on any atom is 0.268 e. The fourth-order valence-electron chi connectivity index (χ4n) is 3.76. The zero-order valence-corrected chi connectivity index (χ0v) is 16.5. The average Bonchev–Trinajstić information content (AvgIpc) is 3.02. The van der Waals surface area contributed by atoms with Gasteiger partial charge in [-0.15, -0.1) is 0 Å². The molecule has 2 heterocycles. The number of halogens is 2. The van der Waals surface area contributed by atoms with Crippen LogP contribution in [0.15, 0.2) is 53.6 Å². The van der Waals surface area contributed by atoms with Crippen LogP contribution in [0.4, 0.5) is 4.39 Å². The third kappa shape index (κ3) is 3.37. The molecular formula is C20H20ClFN2O2S. The van der Waals surface area contributed by atoms with E-state index in [1.54, 1.807) is 18.3 Å². The first-order valence-electron chi connectivity index (χ1n) is 8.86. The highest BCUT2D eigenvalue weighted by Gasteiger charge is 2.26. The Balaban J connectivity index is 1.88. The van der Waals surface area contributed by atoms with E-state index in [0.29, 0.717) is 16.5 Å². The van der Waals surface area contributed by atoms with Crippen LogP contribution in [0.5, 0.6) is 0 Å². The standard InChI is InChI=1S/C20H20ClFN2O2S/c1-23-10-8-14(9-11-23)19-13-24(20-12-15(21)2-7-18(19)20)27(25,26)17-5-3-16(22)4-6-17/h2-7,12-14H,8-11H2,1H3. The van der Waals surface area contributed by atoms with E-state index in [2.05, 4.69) is 11.9 Å². The predicted octanol–water partition coefficient (Wildman–Crippen LogP) is 4.48. The highest BCUT2D eigenvalue weighted by atomic mass is 35.5. The Labute approximate surface area is 163 Å². The number of piperidine rings is 1. The van der Waals surface area contributed by atoms with Crippen molar-refractivity contribution in [2.75, 3.05) is 20.1 Å². The molecule has 1 aliphatic heterocycles. The molecule has 1 saturated heterocycles. The summed E-state index contributed by atoms with van der Waals surface area (Å²) in [7, 11) is -1.75. The number of hydrogen-bond donors (Lipinski definition) is 0. The lowest BCUT2D eigenvalue weighted by molar-refractivity contribution is 0.256. The molecule has 4 rings (SSSR count). The van der Waals surface area contributed by atoms with Crippen molar-refractivity contribution in [1.29, 1.82) is 0 Å². The SMILES string of the molecule is CN1CCC(c2cn(S(=O)(=O)c3ccc(F)cc3)c3cc(Cl)ccc23)CC1. The van der Waals surface area contributed by atoms with Crippen LogP contribution < -0.4 is 0 Å². The van der Waals surface area contributed by atoms with Gasteiger partial charge in [-0.3, -0.25) is 0 Å². The Kier molecular flexibility index (Phi) is 4.74. The minimum atomic E-state index is -3.85. The van der Waals surface area contributed by atoms with Gasteiger partial charge in [-0.2, -0.15) is 0 Å². The Hall–Kier alpha value is -1.89. The van der Waals surface area contributed by atoms with Crippen molar-refractivity contribution in [2.45, 2.75) is 23.7 Å². The van der Waals surface area contributed by atoms with Gasteiger partial charge in [-0.1, -0.05) is 17.7 Å². The van der Waals surface area contributed by atoms with Crippen LogP contribution in [-0.4, -0.2) is 37.4 Å². The third-order valence-electron chi connectivity index (χ3n) is 5.29. The van der Waals surface area contributed by atoms with Gasteiger partial charge in [0.25, 0.3) is 10.0 Å². The molecular weight excluding hydrogens is 387 g/mol. The number of fused-ring (bicyclic) bond motifs is 1. The summed E-state index contributed by atoms with van der Waals surface area (Å²) in [5.41, 5.74) is 1.58. The van der Waals surface area contributed by atoms with E-state index in [0.717, 1.165) is 49.0 Å². The van der Waals surface area contributed by atoms with Gasteiger partial charge in [0.1, 0.15) is 5.82 Å². The van der Waals surface area contributed by atoms with Gasteiger partial charge in [0.2, 0.25) is 0 Å². The fourth-order valence-corrected chi connectivity index (χ4v) is 5.30. The minimum absolute atomic E-state index is 0.0516. The summed E-state index contributed by atoms with van der Waals surface area (Å²) in [5, 5.41) is 1.38. The van der Waals surface area contributed by atoms with Crippen molar-refractivity contribution in [2.24, 2.45) is 0 Å². The number of aromatic nitrogens is 1. The van der Waals surface area contributed by atoms with Gasteiger partial charge >= 0.3 is 0 Å². The molecule has 0 bridgehead atoms. The second kappa shape index (κ2) is 6.93. The smallest absolute Gasteiger partial charge is 0.268 e. The highest BCUT2D eigenvalue weighted by molar-refractivity contribution is 7.90. The lowest BCUT2D eigenvalue weighted by Gasteiger charge is -2.28. The molecule has 0 amide bonds. The monoisotopic (exact) mass is 406 g/mol. The average molecular weight is 407 g/mol. The Morgan fingerprint density at radius 1 is 1.07 bits per heavy atom. The summed E-state index contributed by atoms with van der Waals surface area (Å²) < 4.78 is 40.9. The zero-order valence-electron chi connectivity index (χ0n) is 14.9. The van der Waals surface area contributed by atoms with Gasteiger partial charge in [0, 0.05) is 16.6 Å². The van der Waals surface area contributed by atoms with E-state index >= 15 is 0 Å². The summed E-state index contributed by atoms with van der Waals surface area (Å²) in [5.74, 6) is -0.170. The normalized spacial score (nSPS) is 16.9. The molecule has 0 atom stereocenters. The van der Waals surface area contributed by atoms with E-state index < -0.39 is 15.8 Å². The molecule has 0 radical (unpaired) electrons. The molecule has 1 aliphatic rings. The molecule has 4 nitrogen and oxygen atoms in total. The van der Waals surface area contributed by atoms with E-state index in [1.807, 2.05) is 6.07 Å². The van der Waals surface area contributed by atoms with Gasteiger partial charge in [-0.25, -0.2) is 16.8 Å². The Morgan fingerprint density at radius 3 is 2.41 bits per heavy atom. The van der Waals surface area contributed by atoms with Crippen molar-refractivity contribution in [3.8, 4) is 0 Å². The third-order valence-corrected chi connectivity index (χ3v) is 7.22. The lowest BCUT2D eigenvalue weighted by Crippen LogP contribution is -2.29. The summed E-state index contributed by atoms with van der Waals surface area (Å²) >= 11 is 6.16. The maximum atomic E-state index is 13.2. The number of hydrogen-bond acceptors (Lipinski definition) is 3. The van der Waals surface area contributed by atoms with Gasteiger partial charge in [-0.05, 0) is 80.9 Å².